The maximum atomic E-state index is 12.3. The van der Waals surface area contributed by atoms with E-state index in [1.165, 1.54) is 6.07 Å². The highest BCUT2D eigenvalue weighted by atomic mass is 32.2. The Morgan fingerprint density at radius 1 is 1.14 bits per heavy atom. The van der Waals surface area contributed by atoms with Gasteiger partial charge in [0.25, 0.3) is 10.0 Å². The molecule has 1 aliphatic rings. The highest BCUT2D eigenvalue weighted by molar-refractivity contribution is 7.91. The number of hydrogen-bond donors (Lipinski definition) is 2. The minimum absolute atomic E-state index is 0.133. The van der Waals surface area contributed by atoms with Gasteiger partial charge in [0.2, 0.25) is 0 Å². The minimum atomic E-state index is -3.80. The van der Waals surface area contributed by atoms with Crippen molar-refractivity contribution < 1.29 is 18.3 Å². The van der Waals surface area contributed by atoms with Crippen molar-refractivity contribution in [1.82, 2.24) is 4.72 Å². The van der Waals surface area contributed by atoms with Crippen LogP contribution in [0.2, 0.25) is 0 Å². The van der Waals surface area contributed by atoms with E-state index in [-0.39, 0.29) is 4.21 Å². The van der Waals surface area contributed by atoms with Crippen molar-refractivity contribution >= 4 is 27.3 Å². The molecule has 1 aromatic carbocycles. The first kappa shape index (κ1) is 14.2. The lowest BCUT2D eigenvalue weighted by Gasteiger charge is -2.11. The molecule has 2 aromatic rings. The number of sulfonamides is 1. The first-order valence-electron chi connectivity index (χ1n) is 6.36. The summed E-state index contributed by atoms with van der Waals surface area (Å²) < 4.78 is 27.0. The van der Waals surface area contributed by atoms with Crippen molar-refractivity contribution in [2.45, 2.75) is 22.6 Å². The van der Waals surface area contributed by atoms with E-state index in [2.05, 4.69) is 4.72 Å². The third-order valence-corrected chi connectivity index (χ3v) is 6.56. The monoisotopic (exact) mass is 323 g/mol. The van der Waals surface area contributed by atoms with Crippen molar-refractivity contribution in [3.8, 4) is 10.4 Å². The van der Waals surface area contributed by atoms with Gasteiger partial charge in [0.1, 0.15) is 9.75 Å². The zero-order chi connectivity index (χ0) is 15.1. The Morgan fingerprint density at radius 3 is 2.38 bits per heavy atom. The van der Waals surface area contributed by atoms with Gasteiger partial charge < -0.3 is 5.11 Å². The third-order valence-electron chi connectivity index (χ3n) is 3.39. The number of nitrogens with one attached hydrogen (secondary N) is 1. The van der Waals surface area contributed by atoms with Crippen molar-refractivity contribution in [3.05, 3.63) is 42.5 Å². The molecule has 1 fully saturated rings. The first-order chi connectivity index (χ1) is 9.93. The normalized spacial score (nSPS) is 16.6. The number of aliphatic carboxylic acids is 1. The molecule has 110 valence electrons. The largest absolute Gasteiger partial charge is 0.480 e. The maximum absolute atomic E-state index is 12.3. The Morgan fingerprint density at radius 2 is 1.81 bits per heavy atom. The second-order valence-electron chi connectivity index (χ2n) is 4.98. The van der Waals surface area contributed by atoms with Crippen molar-refractivity contribution in [2.75, 3.05) is 0 Å². The zero-order valence-corrected chi connectivity index (χ0v) is 12.6. The van der Waals surface area contributed by atoms with Crippen molar-refractivity contribution in [2.24, 2.45) is 0 Å². The van der Waals surface area contributed by atoms with E-state index in [9.17, 15) is 13.2 Å². The van der Waals surface area contributed by atoms with Crippen LogP contribution in [0.25, 0.3) is 10.4 Å². The van der Waals surface area contributed by atoms with E-state index in [1.807, 2.05) is 30.3 Å². The van der Waals surface area contributed by atoms with Gasteiger partial charge in [-0.2, -0.15) is 4.72 Å². The van der Waals surface area contributed by atoms with E-state index in [1.54, 1.807) is 6.07 Å². The average molecular weight is 323 g/mol. The van der Waals surface area contributed by atoms with Gasteiger partial charge in [-0.05, 0) is 30.5 Å². The molecule has 7 heteroatoms. The van der Waals surface area contributed by atoms with Gasteiger partial charge in [0.15, 0.2) is 0 Å². The summed E-state index contributed by atoms with van der Waals surface area (Å²) in [5.41, 5.74) is -0.376. The maximum Gasteiger partial charge on any atom is 0.324 e. The average Bonchev–Trinajstić information content (AvgIpc) is 3.05. The van der Waals surface area contributed by atoms with Crippen LogP contribution in [0, 0.1) is 0 Å². The van der Waals surface area contributed by atoms with Crippen molar-refractivity contribution in [3.63, 3.8) is 0 Å². The van der Waals surface area contributed by atoms with Gasteiger partial charge in [0, 0.05) is 4.88 Å². The molecule has 1 heterocycles. The molecule has 0 aliphatic heterocycles. The fourth-order valence-corrected chi connectivity index (χ4v) is 4.74. The summed E-state index contributed by atoms with van der Waals surface area (Å²) in [5, 5.41) is 9.07. The summed E-state index contributed by atoms with van der Waals surface area (Å²) in [7, 11) is -3.80. The van der Waals surface area contributed by atoms with Gasteiger partial charge in [0.05, 0.1) is 0 Å². The fourth-order valence-electron chi connectivity index (χ4n) is 2.01. The number of hydrogen-bond acceptors (Lipinski definition) is 4. The molecular weight excluding hydrogens is 310 g/mol. The predicted molar refractivity (Wildman–Crippen MR) is 79.7 cm³/mol. The Hall–Kier alpha value is -1.70. The molecular formula is C14H13NO4S2. The number of carboxylic acids is 1. The smallest absolute Gasteiger partial charge is 0.324 e. The standard InChI is InChI=1S/C14H13NO4S2/c16-13(17)14(8-9-14)15-21(18,19)12-7-6-11(20-12)10-4-2-1-3-5-10/h1-7,15H,8-9H2,(H,16,17). The van der Waals surface area contributed by atoms with Crippen LogP contribution in [0.15, 0.2) is 46.7 Å². The predicted octanol–water partition coefficient (Wildman–Crippen LogP) is 2.31. The van der Waals surface area contributed by atoms with Gasteiger partial charge in [-0.25, -0.2) is 8.42 Å². The molecule has 0 saturated heterocycles. The molecule has 0 amide bonds. The molecule has 0 spiro atoms. The minimum Gasteiger partial charge on any atom is -0.480 e. The van der Waals surface area contributed by atoms with Gasteiger partial charge in [-0.3, -0.25) is 4.79 Å². The van der Waals surface area contributed by atoms with Crippen LogP contribution in [0.5, 0.6) is 0 Å². The van der Waals surface area contributed by atoms with Crippen LogP contribution in [0.1, 0.15) is 12.8 Å². The summed E-state index contributed by atoms with van der Waals surface area (Å²) in [6, 6.07) is 12.7. The molecule has 0 bridgehead atoms. The van der Waals surface area contributed by atoms with E-state index in [4.69, 9.17) is 5.11 Å². The second kappa shape index (κ2) is 4.94. The third kappa shape index (κ3) is 2.72. The fraction of sp³-hybridized carbons (Fsp3) is 0.214. The Bertz CT molecular complexity index is 776. The van der Waals surface area contributed by atoms with Crippen LogP contribution < -0.4 is 4.72 Å². The molecule has 0 unspecified atom stereocenters. The second-order valence-corrected chi connectivity index (χ2v) is 7.97. The summed E-state index contributed by atoms with van der Waals surface area (Å²) >= 11 is 1.13. The number of rotatable bonds is 5. The first-order valence-corrected chi connectivity index (χ1v) is 8.66. The molecule has 21 heavy (non-hydrogen) atoms. The van der Waals surface area contributed by atoms with Crippen LogP contribution in [0.3, 0.4) is 0 Å². The van der Waals surface area contributed by atoms with Gasteiger partial charge in [-0.15, -0.1) is 11.3 Å². The van der Waals surface area contributed by atoms with Crippen LogP contribution >= 0.6 is 11.3 Å². The van der Waals surface area contributed by atoms with E-state index in [0.29, 0.717) is 12.8 Å². The summed E-state index contributed by atoms with van der Waals surface area (Å²) in [5.74, 6) is -1.12. The molecule has 2 N–H and O–H groups in total. The molecule has 1 saturated carbocycles. The number of carboxylic acid groups (broad SMARTS) is 1. The van der Waals surface area contributed by atoms with Crippen molar-refractivity contribution in [1.29, 1.82) is 0 Å². The molecule has 1 aliphatic carbocycles. The van der Waals surface area contributed by atoms with Crippen LogP contribution in [-0.2, 0) is 14.8 Å². The topological polar surface area (TPSA) is 83.5 Å². The van der Waals surface area contributed by atoms with Crippen LogP contribution in [-0.4, -0.2) is 25.0 Å². The lowest BCUT2D eigenvalue weighted by Crippen LogP contribution is -2.42. The van der Waals surface area contributed by atoms with Crippen LogP contribution in [0.4, 0.5) is 0 Å². The number of thiophene rings is 1. The summed E-state index contributed by atoms with van der Waals surface area (Å²) in [6.45, 7) is 0. The zero-order valence-electron chi connectivity index (χ0n) is 10.9. The molecule has 5 nitrogen and oxygen atoms in total. The van der Waals surface area contributed by atoms with E-state index in [0.717, 1.165) is 21.8 Å². The molecule has 3 rings (SSSR count). The molecule has 0 atom stereocenters. The van der Waals surface area contributed by atoms with Gasteiger partial charge in [-0.1, -0.05) is 30.3 Å². The van der Waals surface area contributed by atoms with Gasteiger partial charge >= 0.3 is 5.97 Å². The number of benzene rings is 1. The molecule has 1 aromatic heterocycles. The summed E-state index contributed by atoms with van der Waals surface area (Å²) in [4.78, 5) is 11.9. The lowest BCUT2D eigenvalue weighted by molar-refractivity contribution is -0.140. The Labute approximate surface area is 126 Å². The number of carbonyl (C=O) groups is 1. The highest BCUT2D eigenvalue weighted by Gasteiger charge is 2.53. The Balaban J connectivity index is 1.88. The van der Waals surface area contributed by atoms with E-state index >= 15 is 0 Å². The highest BCUT2D eigenvalue weighted by Crippen LogP contribution is 2.38. The quantitative estimate of drug-likeness (QED) is 0.884. The Kier molecular flexibility index (Phi) is 3.35. The molecule has 0 radical (unpaired) electrons. The summed E-state index contributed by atoms with van der Waals surface area (Å²) in [6.07, 6.45) is 0.664. The van der Waals surface area contributed by atoms with E-state index < -0.39 is 21.5 Å². The SMILES string of the molecule is O=C(O)C1(NS(=O)(=O)c2ccc(-c3ccccc3)s2)CC1. The lowest BCUT2D eigenvalue weighted by atomic mass is 10.2.